The highest BCUT2D eigenvalue weighted by Gasteiger charge is 2.24. The molecule has 1 unspecified atom stereocenters. The third-order valence-corrected chi connectivity index (χ3v) is 3.35. The lowest BCUT2D eigenvalue weighted by molar-refractivity contribution is -0.115. The number of carbonyl (C=O) groups is 1. The van der Waals surface area contributed by atoms with Crippen molar-refractivity contribution in [3.05, 3.63) is 23.8 Å². The molecule has 1 heteroatoms. The van der Waals surface area contributed by atoms with Crippen molar-refractivity contribution >= 4 is 5.78 Å². The van der Waals surface area contributed by atoms with Gasteiger partial charge in [-0.05, 0) is 35.7 Å². The molecule has 0 amide bonds. The molecule has 1 aliphatic carbocycles. The first kappa shape index (κ1) is 15.2. The second-order valence-electron chi connectivity index (χ2n) is 7.71. The lowest BCUT2D eigenvalue weighted by atomic mass is 9.75. The monoisotopic (exact) mass is 248 g/mol. The molecule has 1 atom stereocenters. The van der Waals surface area contributed by atoms with Crippen LogP contribution >= 0.6 is 0 Å². The van der Waals surface area contributed by atoms with E-state index in [2.05, 4.69) is 53.7 Å². The molecule has 0 saturated carbocycles. The zero-order chi connectivity index (χ0) is 14.0. The molecule has 0 aliphatic heterocycles. The van der Waals surface area contributed by atoms with Gasteiger partial charge in [-0.25, -0.2) is 0 Å². The molecular formula is C17H28O. The van der Waals surface area contributed by atoms with Crippen LogP contribution in [0.1, 0.15) is 60.8 Å². The summed E-state index contributed by atoms with van der Waals surface area (Å²) in [5, 5.41) is 0. The summed E-state index contributed by atoms with van der Waals surface area (Å²) in [6.45, 7) is 13.7. The first-order valence-electron chi connectivity index (χ1n) is 7.00. The van der Waals surface area contributed by atoms with E-state index in [0.29, 0.717) is 17.8 Å². The maximum absolute atomic E-state index is 11.2. The zero-order valence-corrected chi connectivity index (χ0v) is 12.8. The highest BCUT2D eigenvalue weighted by Crippen LogP contribution is 2.37. The summed E-state index contributed by atoms with van der Waals surface area (Å²) in [5.41, 5.74) is 2.04. The van der Waals surface area contributed by atoms with Crippen LogP contribution in [0.15, 0.2) is 23.8 Å². The fourth-order valence-corrected chi connectivity index (χ4v) is 2.26. The molecule has 0 N–H and O–H groups in total. The van der Waals surface area contributed by atoms with Crippen LogP contribution in [-0.2, 0) is 4.79 Å². The van der Waals surface area contributed by atoms with Crippen molar-refractivity contribution in [2.24, 2.45) is 16.7 Å². The van der Waals surface area contributed by atoms with Gasteiger partial charge in [-0.1, -0.05) is 59.3 Å². The Bertz CT molecular complexity index is 358. The molecule has 0 bridgehead atoms. The van der Waals surface area contributed by atoms with Crippen molar-refractivity contribution in [3.63, 3.8) is 0 Å². The summed E-state index contributed by atoms with van der Waals surface area (Å²) in [7, 11) is 0. The van der Waals surface area contributed by atoms with Crippen LogP contribution in [0.4, 0.5) is 0 Å². The molecular weight excluding hydrogens is 220 g/mol. The van der Waals surface area contributed by atoms with Gasteiger partial charge in [0.05, 0.1) is 0 Å². The molecule has 1 aliphatic rings. The predicted molar refractivity (Wildman–Crippen MR) is 78.5 cm³/mol. The van der Waals surface area contributed by atoms with Crippen LogP contribution in [0.5, 0.6) is 0 Å². The molecule has 0 radical (unpaired) electrons. The second-order valence-corrected chi connectivity index (χ2v) is 7.71. The molecule has 0 fully saturated rings. The van der Waals surface area contributed by atoms with E-state index < -0.39 is 0 Å². The minimum atomic E-state index is 0.211. The molecule has 18 heavy (non-hydrogen) atoms. The van der Waals surface area contributed by atoms with E-state index in [1.165, 1.54) is 5.57 Å². The van der Waals surface area contributed by atoms with Gasteiger partial charge in [0.25, 0.3) is 0 Å². The number of allylic oxidation sites excluding steroid dienone is 4. The lowest BCUT2D eigenvalue weighted by Gasteiger charge is -2.31. The van der Waals surface area contributed by atoms with Crippen LogP contribution in [0.25, 0.3) is 0 Å². The van der Waals surface area contributed by atoms with Crippen LogP contribution in [0, 0.1) is 16.7 Å². The standard InChI is InChI=1S/C17H28O/c1-16(2,3)12-14(17(4,5)6)11-13-7-9-15(18)10-8-13/h7,9,11,13H,8,10,12H2,1-6H3/b14-11-. The number of hydrogen-bond acceptors (Lipinski definition) is 1. The molecule has 0 spiro atoms. The molecule has 1 nitrogen and oxygen atoms in total. The summed E-state index contributed by atoms with van der Waals surface area (Å²) >= 11 is 0. The molecule has 0 aromatic carbocycles. The topological polar surface area (TPSA) is 17.1 Å². The molecule has 0 heterocycles. The summed E-state index contributed by atoms with van der Waals surface area (Å²) in [6, 6.07) is 0. The number of rotatable bonds is 2. The predicted octanol–water partition coefficient (Wildman–Crippen LogP) is 4.93. The summed E-state index contributed by atoms with van der Waals surface area (Å²) in [6.07, 6.45) is 9.01. The van der Waals surface area contributed by atoms with Crippen molar-refractivity contribution in [1.82, 2.24) is 0 Å². The minimum absolute atomic E-state index is 0.211. The highest BCUT2D eigenvalue weighted by atomic mass is 16.1. The van der Waals surface area contributed by atoms with Gasteiger partial charge in [-0.3, -0.25) is 4.79 Å². The van der Waals surface area contributed by atoms with Gasteiger partial charge in [0.2, 0.25) is 0 Å². The Morgan fingerprint density at radius 2 is 1.89 bits per heavy atom. The van der Waals surface area contributed by atoms with E-state index in [1.54, 1.807) is 6.08 Å². The van der Waals surface area contributed by atoms with Crippen molar-refractivity contribution in [1.29, 1.82) is 0 Å². The summed E-state index contributed by atoms with van der Waals surface area (Å²) in [5.74, 6) is 0.715. The Labute approximate surface area is 112 Å². The van der Waals surface area contributed by atoms with Crippen molar-refractivity contribution in [2.75, 3.05) is 0 Å². The number of hydrogen-bond donors (Lipinski definition) is 0. The van der Waals surface area contributed by atoms with Crippen LogP contribution in [0.3, 0.4) is 0 Å². The van der Waals surface area contributed by atoms with E-state index >= 15 is 0 Å². The third kappa shape index (κ3) is 5.20. The van der Waals surface area contributed by atoms with Gasteiger partial charge in [0.15, 0.2) is 5.78 Å². The van der Waals surface area contributed by atoms with Gasteiger partial charge in [-0.15, -0.1) is 0 Å². The SMILES string of the molecule is CC(C)(C)C/C(=C/C1C=CC(=O)CC1)C(C)(C)C. The van der Waals surface area contributed by atoms with E-state index in [0.717, 1.165) is 12.8 Å². The molecule has 0 aromatic rings. The average molecular weight is 248 g/mol. The smallest absolute Gasteiger partial charge is 0.155 e. The van der Waals surface area contributed by atoms with Crippen molar-refractivity contribution in [2.45, 2.75) is 60.8 Å². The maximum atomic E-state index is 11.2. The molecule has 1 rings (SSSR count). The average Bonchev–Trinajstić information content (AvgIpc) is 2.17. The first-order valence-corrected chi connectivity index (χ1v) is 7.00. The normalized spacial score (nSPS) is 22.4. The van der Waals surface area contributed by atoms with E-state index in [9.17, 15) is 4.79 Å². The van der Waals surface area contributed by atoms with Gasteiger partial charge >= 0.3 is 0 Å². The van der Waals surface area contributed by atoms with Crippen molar-refractivity contribution in [3.8, 4) is 0 Å². The van der Waals surface area contributed by atoms with E-state index in [4.69, 9.17) is 0 Å². The Morgan fingerprint density at radius 3 is 2.28 bits per heavy atom. The Morgan fingerprint density at radius 1 is 1.28 bits per heavy atom. The minimum Gasteiger partial charge on any atom is -0.295 e. The van der Waals surface area contributed by atoms with E-state index in [-0.39, 0.29) is 11.2 Å². The second kappa shape index (κ2) is 5.42. The zero-order valence-electron chi connectivity index (χ0n) is 12.8. The Kier molecular flexibility index (Phi) is 4.58. The van der Waals surface area contributed by atoms with Gasteiger partial charge in [0, 0.05) is 6.42 Å². The fourth-order valence-electron chi connectivity index (χ4n) is 2.26. The molecule has 0 aromatic heterocycles. The quantitative estimate of drug-likeness (QED) is 0.633. The number of ketones is 1. The Balaban J connectivity index is 2.90. The third-order valence-electron chi connectivity index (χ3n) is 3.35. The van der Waals surface area contributed by atoms with E-state index in [1.807, 2.05) is 0 Å². The maximum Gasteiger partial charge on any atom is 0.155 e. The van der Waals surface area contributed by atoms with Gasteiger partial charge in [-0.2, -0.15) is 0 Å². The number of carbonyl (C=O) groups excluding carboxylic acids is 1. The van der Waals surface area contributed by atoms with Crippen LogP contribution in [0.2, 0.25) is 0 Å². The van der Waals surface area contributed by atoms with Crippen molar-refractivity contribution < 1.29 is 4.79 Å². The summed E-state index contributed by atoms with van der Waals surface area (Å²) < 4.78 is 0. The summed E-state index contributed by atoms with van der Waals surface area (Å²) in [4.78, 5) is 11.2. The first-order chi connectivity index (χ1) is 8.08. The molecule has 102 valence electrons. The molecule has 0 saturated heterocycles. The van der Waals surface area contributed by atoms with Gasteiger partial charge in [0.1, 0.15) is 0 Å². The van der Waals surface area contributed by atoms with Gasteiger partial charge < -0.3 is 0 Å². The largest absolute Gasteiger partial charge is 0.295 e. The fraction of sp³-hybridized carbons (Fsp3) is 0.706. The van der Waals surface area contributed by atoms with Crippen LogP contribution < -0.4 is 0 Å². The highest BCUT2D eigenvalue weighted by molar-refractivity contribution is 5.90. The Hall–Kier alpha value is -0.850. The lowest BCUT2D eigenvalue weighted by Crippen LogP contribution is -2.18. The van der Waals surface area contributed by atoms with Crippen LogP contribution in [-0.4, -0.2) is 5.78 Å².